The lowest BCUT2D eigenvalue weighted by atomic mass is 10.1. The third-order valence-electron chi connectivity index (χ3n) is 3.90. The lowest BCUT2D eigenvalue weighted by Crippen LogP contribution is -2.28. The molecule has 9 heteroatoms. The second kappa shape index (κ2) is 9.88. The van der Waals surface area contributed by atoms with Gasteiger partial charge in [0.25, 0.3) is 0 Å². The number of carbonyl (C=O) groups is 2. The summed E-state index contributed by atoms with van der Waals surface area (Å²) in [6.45, 7) is 0. The normalized spacial score (nSPS) is 10.3. The monoisotopic (exact) mass is 400 g/mol. The fourth-order valence-electron chi connectivity index (χ4n) is 2.48. The number of ether oxygens (including phenoxy) is 1. The van der Waals surface area contributed by atoms with Crippen LogP contribution in [0.25, 0.3) is 23.1 Å². The largest absolute Gasteiger partial charge is 0.495 e. The van der Waals surface area contributed by atoms with E-state index in [2.05, 4.69) is 20.8 Å². The van der Waals surface area contributed by atoms with Crippen molar-refractivity contribution in [1.82, 2.24) is 20.8 Å². The predicted molar refractivity (Wildman–Crippen MR) is 108 cm³/mol. The van der Waals surface area contributed by atoms with Crippen LogP contribution in [0.4, 0.5) is 9.18 Å². The highest BCUT2D eigenvalue weighted by molar-refractivity contribution is 6.02. The number of hydrogen-bond donors (Lipinski definition) is 4. The summed E-state index contributed by atoms with van der Waals surface area (Å²) in [5.41, 5.74) is 2.09. The van der Waals surface area contributed by atoms with Crippen LogP contribution in [0, 0.1) is 5.82 Å². The maximum atomic E-state index is 12.9. The van der Waals surface area contributed by atoms with Crippen LogP contribution in [-0.2, 0) is 0 Å². The number of urea groups is 1. The van der Waals surface area contributed by atoms with Gasteiger partial charge >= 0.3 is 12.0 Å². The number of aromatic amines is 1. The molecule has 2 aromatic carbocycles. The van der Waals surface area contributed by atoms with Crippen molar-refractivity contribution >= 4 is 35.1 Å². The van der Waals surface area contributed by atoms with E-state index in [-0.39, 0.29) is 23.2 Å². The maximum Gasteiger partial charge on any atom is 0.339 e. The molecule has 1 aromatic heterocycles. The molecule has 3 rings (SSSR count). The fraction of sp³-hybridized carbons (Fsp3) is 0.150. The molecule has 3 aromatic rings. The Kier molecular flexibility index (Phi) is 7.30. The lowest BCUT2D eigenvalue weighted by Gasteiger charge is -2.06. The smallest absolute Gasteiger partial charge is 0.339 e. The Morgan fingerprint density at radius 2 is 1.76 bits per heavy atom. The molecule has 0 spiro atoms. The number of carboxylic acid groups (broad SMARTS) is 1. The molecule has 0 fully saturated rings. The van der Waals surface area contributed by atoms with Gasteiger partial charge in [-0.05, 0) is 35.9 Å². The van der Waals surface area contributed by atoms with Crippen LogP contribution < -0.4 is 15.4 Å². The predicted octanol–water partition coefficient (Wildman–Crippen LogP) is 3.12. The van der Waals surface area contributed by atoms with Crippen molar-refractivity contribution in [2.24, 2.45) is 0 Å². The topological polar surface area (TPSA) is 116 Å². The number of aromatic carboxylic acids is 1. The summed E-state index contributed by atoms with van der Waals surface area (Å²) in [4.78, 5) is 21.3. The Labute approximate surface area is 166 Å². The van der Waals surface area contributed by atoms with Crippen molar-refractivity contribution in [2.45, 2.75) is 0 Å². The van der Waals surface area contributed by atoms with Crippen molar-refractivity contribution in [2.75, 3.05) is 21.2 Å². The van der Waals surface area contributed by atoms with Crippen molar-refractivity contribution < 1.29 is 23.8 Å². The van der Waals surface area contributed by atoms with E-state index in [4.69, 9.17) is 4.74 Å². The molecule has 0 aliphatic rings. The third-order valence-corrected chi connectivity index (χ3v) is 3.90. The highest BCUT2D eigenvalue weighted by Gasteiger charge is 2.17. The summed E-state index contributed by atoms with van der Waals surface area (Å²) >= 11 is 0. The second-order valence-corrected chi connectivity index (χ2v) is 5.70. The minimum atomic E-state index is -1.07. The third kappa shape index (κ3) is 5.32. The lowest BCUT2D eigenvalue weighted by molar-refractivity contribution is 0.0693. The van der Waals surface area contributed by atoms with Crippen molar-refractivity contribution in [3.63, 3.8) is 0 Å². The van der Waals surface area contributed by atoms with E-state index in [0.29, 0.717) is 16.6 Å². The van der Waals surface area contributed by atoms with E-state index < -0.39 is 5.97 Å². The average Bonchev–Trinajstić information content (AvgIpc) is 3.15. The number of hydrogen-bond acceptors (Lipinski definition) is 4. The summed E-state index contributed by atoms with van der Waals surface area (Å²) in [5.74, 6) is -1.12. The Morgan fingerprint density at radius 3 is 2.28 bits per heavy atom. The van der Waals surface area contributed by atoms with Crippen LogP contribution in [0.1, 0.15) is 21.6 Å². The van der Waals surface area contributed by atoms with E-state index in [1.165, 1.54) is 25.3 Å². The van der Waals surface area contributed by atoms with Crippen molar-refractivity contribution in [3.8, 4) is 5.75 Å². The zero-order valence-electron chi connectivity index (χ0n) is 16.1. The number of amides is 2. The van der Waals surface area contributed by atoms with Gasteiger partial charge in [0, 0.05) is 14.1 Å². The maximum absolute atomic E-state index is 12.9. The first kappa shape index (κ1) is 21.4. The first-order chi connectivity index (χ1) is 13.9. The first-order valence-electron chi connectivity index (χ1n) is 8.52. The Morgan fingerprint density at radius 1 is 1.10 bits per heavy atom. The molecule has 8 nitrogen and oxygen atoms in total. The zero-order valence-corrected chi connectivity index (χ0v) is 16.1. The molecule has 152 valence electrons. The number of benzene rings is 2. The second-order valence-electron chi connectivity index (χ2n) is 5.70. The standard InChI is InChI=1S/C17H13FN2O3.C3H8N2O/c1-23-16-12(17(21)22)7-9-14-15(16)13(19-20-14)8-4-10-2-5-11(18)6-3-10;1-4-3(6)5-2/h2-9H,1H3,(H,19,20)(H,21,22);1-2H3,(H2,4,5,6)/b8-4+;. The van der Waals surface area contributed by atoms with Gasteiger partial charge in [0.2, 0.25) is 0 Å². The van der Waals surface area contributed by atoms with Gasteiger partial charge in [0.15, 0.2) is 0 Å². The summed E-state index contributed by atoms with van der Waals surface area (Å²) < 4.78 is 18.2. The average molecular weight is 400 g/mol. The SMILES string of the molecule is CNC(=O)NC.COc1c(C(=O)O)ccc2[nH]nc(/C=C/c3ccc(F)cc3)c12. The number of rotatable bonds is 4. The van der Waals surface area contributed by atoms with Gasteiger partial charge in [-0.15, -0.1) is 0 Å². The molecular formula is C20H21FN4O4. The minimum absolute atomic E-state index is 0.0674. The number of aromatic nitrogens is 2. The van der Waals surface area contributed by atoms with Gasteiger partial charge in [0.05, 0.1) is 23.7 Å². The van der Waals surface area contributed by atoms with E-state index in [1.807, 2.05) is 0 Å². The molecule has 0 saturated heterocycles. The van der Waals surface area contributed by atoms with Crippen LogP contribution in [0.3, 0.4) is 0 Å². The highest BCUT2D eigenvalue weighted by atomic mass is 19.1. The number of carboxylic acids is 1. The minimum Gasteiger partial charge on any atom is -0.495 e. The van der Waals surface area contributed by atoms with Crippen LogP contribution >= 0.6 is 0 Å². The number of nitrogens with one attached hydrogen (secondary N) is 3. The Bertz CT molecular complexity index is 1020. The molecule has 0 saturated carbocycles. The molecule has 0 atom stereocenters. The zero-order chi connectivity index (χ0) is 21.4. The molecule has 0 aliphatic carbocycles. The van der Waals surface area contributed by atoms with E-state index in [9.17, 15) is 19.1 Å². The molecule has 2 amide bonds. The van der Waals surface area contributed by atoms with Crippen LogP contribution in [0.15, 0.2) is 36.4 Å². The summed E-state index contributed by atoms with van der Waals surface area (Å²) in [7, 11) is 4.55. The molecule has 29 heavy (non-hydrogen) atoms. The van der Waals surface area contributed by atoms with Crippen molar-refractivity contribution in [3.05, 3.63) is 59.0 Å². The van der Waals surface area contributed by atoms with Gasteiger partial charge in [-0.25, -0.2) is 14.0 Å². The fourth-order valence-corrected chi connectivity index (χ4v) is 2.48. The van der Waals surface area contributed by atoms with E-state index in [1.54, 1.807) is 44.4 Å². The Hall–Kier alpha value is -3.88. The van der Waals surface area contributed by atoms with Crippen LogP contribution in [0.2, 0.25) is 0 Å². The van der Waals surface area contributed by atoms with Gasteiger partial charge in [-0.3, -0.25) is 5.10 Å². The number of H-pyrrole nitrogens is 1. The number of nitrogens with zero attached hydrogens (tertiary/aromatic N) is 1. The number of fused-ring (bicyclic) bond motifs is 1. The van der Waals surface area contributed by atoms with Gasteiger partial charge in [-0.1, -0.05) is 18.2 Å². The Balaban J connectivity index is 0.000000438. The molecule has 0 radical (unpaired) electrons. The number of methoxy groups -OCH3 is 1. The van der Waals surface area contributed by atoms with Gasteiger partial charge in [0.1, 0.15) is 17.1 Å². The van der Waals surface area contributed by atoms with Crippen LogP contribution in [0.5, 0.6) is 5.75 Å². The molecule has 0 bridgehead atoms. The van der Waals surface area contributed by atoms with Gasteiger partial charge in [-0.2, -0.15) is 5.10 Å². The molecule has 0 unspecified atom stereocenters. The molecule has 4 N–H and O–H groups in total. The summed E-state index contributed by atoms with van der Waals surface area (Å²) in [5, 5.41) is 21.6. The quantitative estimate of drug-likeness (QED) is 0.537. The number of halogens is 1. The molecule has 1 heterocycles. The first-order valence-corrected chi connectivity index (χ1v) is 8.52. The summed E-state index contributed by atoms with van der Waals surface area (Å²) in [6.07, 6.45) is 3.49. The van der Waals surface area contributed by atoms with E-state index in [0.717, 1.165) is 5.56 Å². The van der Waals surface area contributed by atoms with E-state index >= 15 is 0 Å². The summed E-state index contributed by atoms with van der Waals surface area (Å²) in [6, 6.07) is 8.96. The highest BCUT2D eigenvalue weighted by Crippen LogP contribution is 2.32. The van der Waals surface area contributed by atoms with Crippen molar-refractivity contribution in [1.29, 1.82) is 0 Å². The molecule has 0 aliphatic heterocycles. The van der Waals surface area contributed by atoms with Gasteiger partial charge < -0.3 is 20.5 Å². The van der Waals surface area contributed by atoms with Crippen LogP contribution in [-0.4, -0.2) is 48.5 Å². The molecular weight excluding hydrogens is 379 g/mol. The number of carbonyl (C=O) groups excluding carboxylic acids is 1.